The van der Waals surface area contributed by atoms with E-state index in [0.717, 1.165) is 19.2 Å². The molecule has 2 amide bonds. The van der Waals surface area contributed by atoms with Crippen molar-refractivity contribution in [2.45, 2.75) is 30.8 Å². The van der Waals surface area contributed by atoms with Gasteiger partial charge < -0.3 is 9.47 Å². The second-order valence-corrected chi connectivity index (χ2v) is 8.13. The number of nitrogens with zero attached hydrogens (tertiary/aromatic N) is 1. The van der Waals surface area contributed by atoms with Gasteiger partial charge in [-0.25, -0.2) is 17.6 Å². The Morgan fingerprint density at radius 3 is 2.29 bits per heavy atom. The van der Waals surface area contributed by atoms with Crippen LogP contribution in [0.1, 0.15) is 19.8 Å². The average molecular weight is 416 g/mol. The van der Waals surface area contributed by atoms with Gasteiger partial charge >= 0.3 is 12.1 Å². The number of esters is 1. The Hall–Kier alpha value is -2.53. The highest BCUT2D eigenvalue weighted by molar-refractivity contribution is 7.89. The number of carbonyl (C=O) groups excluding carboxylic acids is 3. The van der Waals surface area contributed by atoms with E-state index in [1.807, 2.05) is 5.32 Å². The molecule has 1 aromatic rings. The summed E-state index contributed by atoms with van der Waals surface area (Å²) in [5, 5.41) is 1.90. The van der Waals surface area contributed by atoms with Crippen molar-refractivity contribution in [2.24, 2.45) is 5.92 Å². The highest BCUT2D eigenvalue weighted by atomic mass is 32.2. The van der Waals surface area contributed by atoms with Gasteiger partial charge in [0.15, 0.2) is 6.10 Å². The Balaban J connectivity index is 1.90. The van der Waals surface area contributed by atoms with Crippen molar-refractivity contribution >= 4 is 28.0 Å². The summed E-state index contributed by atoms with van der Waals surface area (Å²) in [7, 11) is -2.69. The summed E-state index contributed by atoms with van der Waals surface area (Å²) in [6.45, 7) is 1.48. The van der Waals surface area contributed by atoms with Gasteiger partial charge in [0.25, 0.3) is 5.91 Å². The van der Waals surface area contributed by atoms with Crippen molar-refractivity contribution in [2.75, 3.05) is 20.2 Å². The Morgan fingerprint density at radius 2 is 1.75 bits per heavy atom. The van der Waals surface area contributed by atoms with E-state index in [0.29, 0.717) is 0 Å². The molecule has 0 aromatic heterocycles. The van der Waals surface area contributed by atoms with E-state index in [1.165, 1.54) is 23.4 Å². The Bertz CT molecular complexity index is 834. The zero-order chi connectivity index (χ0) is 20.9. The number of hydrogen-bond acceptors (Lipinski definition) is 7. The lowest BCUT2D eigenvalue weighted by atomic mass is 9.98. The van der Waals surface area contributed by atoms with Gasteiger partial charge in [-0.05, 0) is 44.0 Å². The molecule has 1 fully saturated rings. The quantitative estimate of drug-likeness (QED) is 0.712. The number of piperidine rings is 1. The van der Waals surface area contributed by atoms with E-state index < -0.39 is 45.8 Å². The van der Waals surface area contributed by atoms with Gasteiger partial charge in [0.2, 0.25) is 10.0 Å². The summed E-state index contributed by atoms with van der Waals surface area (Å²) >= 11 is 0. The SMILES string of the molecule is COC(=O)NC(=O)[C@H](C)OC(=O)C1CCN(S(=O)(=O)c2ccc(F)cc2)CC1. The van der Waals surface area contributed by atoms with E-state index in [4.69, 9.17) is 4.74 Å². The molecule has 1 atom stereocenters. The van der Waals surface area contributed by atoms with Crippen molar-refractivity contribution in [1.29, 1.82) is 0 Å². The van der Waals surface area contributed by atoms with Crippen LogP contribution in [0.4, 0.5) is 9.18 Å². The molecule has 1 aliphatic rings. The topological polar surface area (TPSA) is 119 Å². The number of imide groups is 1. The zero-order valence-corrected chi connectivity index (χ0v) is 16.2. The van der Waals surface area contributed by atoms with Crippen LogP contribution in [0.25, 0.3) is 0 Å². The smallest absolute Gasteiger partial charge is 0.413 e. The number of methoxy groups -OCH3 is 1. The summed E-state index contributed by atoms with van der Waals surface area (Å²) in [6, 6.07) is 4.51. The van der Waals surface area contributed by atoms with Gasteiger partial charge in [0.05, 0.1) is 17.9 Å². The third-order valence-electron chi connectivity index (χ3n) is 4.31. The maximum absolute atomic E-state index is 13.0. The van der Waals surface area contributed by atoms with E-state index in [9.17, 15) is 27.2 Å². The third-order valence-corrected chi connectivity index (χ3v) is 6.22. The fourth-order valence-corrected chi connectivity index (χ4v) is 4.13. The minimum Gasteiger partial charge on any atom is -0.453 e. The van der Waals surface area contributed by atoms with Gasteiger partial charge in [0, 0.05) is 13.1 Å². The van der Waals surface area contributed by atoms with Crippen molar-refractivity contribution in [1.82, 2.24) is 9.62 Å². The molecule has 1 N–H and O–H groups in total. The molecule has 0 bridgehead atoms. The van der Waals surface area contributed by atoms with Crippen LogP contribution in [0.5, 0.6) is 0 Å². The Morgan fingerprint density at radius 1 is 1.18 bits per heavy atom. The fraction of sp³-hybridized carbons (Fsp3) is 0.471. The molecule has 9 nitrogen and oxygen atoms in total. The first-order valence-corrected chi connectivity index (χ1v) is 9.94. The first-order valence-electron chi connectivity index (χ1n) is 8.50. The first-order chi connectivity index (χ1) is 13.1. The molecular weight excluding hydrogens is 395 g/mol. The number of rotatable bonds is 5. The van der Waals surface area contributed by atoms with Crippen LogP contribution in [0.3, 0.4) is 0 Å². The molecule has 0 spiro atoms. The molecule has 0 aliphatic carbocycles. The van der Waals surface area contributed by atoms with Crippen molar-refractivity contribution < 1.29 is 36.7 Å². The van der Waals surface area contributed by atoms with Gasteiger partial charge in [-0.2, -0.15) is 4.31 Å². The number of nitrogens with one attached hydrogen (secondary N) is 1. The normalized spacial score (nSPS) is 16.8. The highest BCUT2D eigenvalue weighted by Gasteiger charge is 2.34. The predicted molar refractivity (Wildman–Crippen MR) is 94.0 cm³/mol. The number of benzene rings is 1. The standard InChI is InChI=1S/C17H21FN2O7S/c1-11(15(21)19-17(23)26-2)27-16(22)12-7-9-20(10-8-12)28(24,25)14-5-3-13(18)4-6-14/h3-6,11-12H,7-10H2,1-2H3,(H,19,21,23)/t11-/m0/s1. The van der Waals surface area contributed by atoms with Gasteiger partial charge in [-0.3, -0.25) is 14.9 Å². The summed E-state index contributed by atoms with van der Waals surface area (Å²) in [4.78, 5) is 34.9. The molecule has 0 radical (unpaired) electrons. The minimum absolute atomic E-state index is 0.0250. The molecule has 1 aliphatic heterocycles. The molecule has 0 unspecified atom stereocenters. The molecular formula is C17H21FN2O7S. The average Bonchev–Trinajstić information content (AvgIpc) is 2.68. The summed E-state index contributed by atoms with van der Waals surface area (Å²) < 4.78 is 48.7. The second-order valence-electron chi connectivity index (χ2n) is 6.19. The second kappa shape index (κ2) is 9.11. The van der Waals surface area contributed by atoms with Gasteiger partial charge in [-0.15, -0.1) is 0 Å². The lowest BCUT2D eigenvalue weighted by Crippen LogP contribution is -2.43. The number of alkyl carbamates (subject to hydrolysis) is 1. The summed E-state index contributed by atoms with van der Waals surface area (Å²) in [6.07, 6.45) is -1.74. The maximum Gasteiger partial charge on any atom is 0.413 e. The van der Waals surface area contributed by atoms with Crippen LogP contribution >= 0.6 is 0 Å². The lowest BCUT2D eigenvalue weighted by molar-refractivity contribution is -0.159. The van der Waals surface area contributed by atoms with Gasteiger partial charge in [0.1, 0.15) is 5.82 Å². The molecule has 154 valence electrons. The summed E-state index contributed by atoms with van der Waals surface area (Å²) in [5.41, 5.74) is 0. The number of halogens is 1. The Labute approximate surface area is 161 Å². The largest absolute Gasteiger partial charge is 0.453 e. The van der Waals surface area contributed by atoms with Crippen LogP contribution in [-0.2, 0) is 29.1 Å². The summed E-state index contributed by atoms with van der Waals surface area (Å²) in [5.74, 6) is -2.58. The van der Waals surface area contributed by atoms with E-state index in [-0.39, 0.29) is 30.8 Å². The van der Waals surface area contributed by atoms with E-state index >= 15 is 0 Å². The van der Waals surface area contributed by atoms with Crippen molar-refractivity contribution in [3.63, 3.8) is 0 Å². The van der Waals surface area contributed by atoms with Crippen LogP contribution in [0.2, 0.25) is 0 Å². The maximum atomic E-state index is 13.0. The van der Waals surface area contributed by atoms with Crippen molar-refractivity contribution in [3.8, 4) is 0 Å². The first kappa shape index (κ1) is 21.8. The number of hydrogen-bond donors (Lipinski definition) is 1. The highest BCUT2D eigenvalue weighted by Crippen LogP contribution is 2.25. The minimum atomic E-state index is -3.78. The number of ether oxygens (including phenoxy) is 2. The molecule has 1 aromatic carbocycles. The number of sulfonamides is 1. The molecule has 1 saturated heterocycles. The lowest BCUT2D eigenvalue weighted by Gasteiger charge is -2.30. The molecule has 1 heterocycles. The zero-order valence-electron chi connectivity index (χ0n) is 15.4. The van der Waals surface area contributed by atoms with Crippen LogP contribution in [0.15, 0.2) is 29.2 Å². The van der Waals surface area contributed by atoms with Crippen LogP contribution in [0, 0.1) is 11.7 Å². The van der Waals surface area contributed by atoms with Gasteiger partial charge in [-0.1, -0.05) is 0 Å². The van der Waals surface area contributed by atoms with E-state index in [1.54, 1.807) is 0 Å². The number of amides is 2. The van der Waals surface area contributed by atoms with Crippen LogP contribution < -0.4 is 5.32 Å². The van der Waals surface area contributed by atoms with Crippen molar-refractivity contribution in [3.05, 3.63) is 30.1 Å². The molecule has 28 heavy (non-hydrogen) atoms. The molecule has 11 heteroatoms. The monoisotopic (exact) mass is 416 g/mol. The Kier molecular flexibility index (Phi) is 7.08. The fourth-order valence-electron chi connectivity index (χ4n) is 2.66. The van der Waals surface area contributed by atoms with E-state index in [2.05, 4.69) is 4.74 Å². The number of carbonyl (C=O) groups is 3. The molecule has 2 rings (SSSR count). The molecule has 0 saturated carbocycles. The van der Waals surface area contributed by atoms with Crippen LogP contribution in [-0.4, -0.2) is 57.0 Å². The predicted octanol–water partition coefficient (Wildman–Crippen LogP) is 1.04. The third kappa shape index (κ3) is 5.26.